The number of amides is 2. The molecule has 0 aliphatic heterocycles. The number of halogens is 1. The monoisotopic (exact) mass is 474 g/mol. The summed E-state index contributed by atoms with van der Waals surface area (Å²) in [4.78, 5) is 27.8. The van der Waals surface area contributed by atoms with Gasteiger partial charge in [-0.05, 0) is 55.5 Å². The maximum absolute atomic E-state index is 13.4. The molecule has 1 atom stereocenters. The Kier molecular flexibility index (Phi) is 9.34. The zero-order valence-corrected chi connectivity index (χ0v) is 20.2. The van der Waals surface area contributed by atoms with Crippen LogP contribution in [-0.4, -0.2) is 31.2 Å². The van der Waals surface area contributed by atoms with Crippen LogP contribution in [0.3, 0.4) is 0 Å². The molecule has 0 aliphatic carbocycles. The van der Waals surface area contributed by atoms with E-state index in [-0.39, 0.29) is 30.7 Å². The van der Waals surface area contributed by atoms with Gasteiger partial charge >= 0.3 is 0 Å². The van der Waals surface area contributed by atoms with Gasteiger partial charge in [0.1, 0.15) is 11.7 Å². The van der Waals surface area contributed by atoms with Gasteiger partial charge < -0.3 is 4.90 Å². The van der Waals surface area contributed by atoms with Gasteiger partial charge in [-0.2, -0.15) is 0 Å². The number of nitrogens with one attached hydrogen (secondary N) is 1. The third kappa shape index (κ3) is 8.46. The van der Waals surface area contributed by atoms with Gasteiger partial charge in [0.25, 0.3) is 10.0 Å². The van der Waals surface area contributed by atoms with Gasteiger partial charge in [-0.25, -0.2) is 17.5 Å². The summed E-state index contributed by atoms with van der Waals surface area (Å²) in [5.41, 5.74) is 1.37. The smallest absolute Gasteiger partial charge is 0.257 e. The maximum atomic E-state index is 13.4. The van der Waals surface area contributed by atoms with Gasteiger partial charge in [0, 0.05) is 12.6 Å². The van der Waals surface area contributed by atoms with Crippen LogP contribution in [0.5, 0.6) is 0 Å². The summed E-state index contributed by atoms with van der Waals surface area (Å²) in [5.74, 6) is -2.91. The van der Waals surface area contributed by atoms with Crippen molar-refractivity contribution in [3.8, 4) is 0 Å². The lowest BCUT2D eigenvalue weighted by Crippen LogP contribution is -2.47. The quantitative estimate of drug-likeness (QED) is 0.519. The largest absolute Gasteiger partial charge is 0.335 e. The van der Waals surface area contributed by atoms with E-state index in [0.29, 0.717) is 11.1 Å². The SMILES string of the molecule is CC(C)CC(C(=O)NS(=O)(=O)/C=C/c1ccccc1)C(=O)N(Cc1ccc(F)cc1)C(C)C. The zero-order valence-electron chi connectivity index (χ0n) is 19.4. The number of hydrogen-bond donors (Lipinski definition) is 1. The van der Waals surface area contributed by atoms with E-state index in [9.17, 15) is 22.4 Å². The molecule has 8 heteroatoms. The molecule has 0 heterocycles. The second-order valence-electron chi connectivity index (χ2n) is 8.59. The summed E-state index contributed by atoms with van der Waals surface area (Å²) in [7, 11) is -4.10. The number of carbonyl (C=O) groups is 2. The molecule has 0 saturated carbocycles. The molecule has 0 aliphatic rings. The average Bonchev–Trinajstić information content (AvgIpc) is 2.75. The minimum atomic E-state index is -4.10. The lowest BCUT2D eigenvalue weighted by Gasteiger charge is -2.31. The molecule has 2 aromatic carbocycles. The summed E-state index contributed by atoms with van der Waals surface area (Å²) in [5, 5.41) is 0.913. The third-order valence-electron chi connectivity index (χ3n) is 4.98. The maximum Gasteiger partial charge on any atom is 0.257 e. The van der Waals surface area contributed by atoms with Crippen LogP contribution in [0.4, 0.5) is 4.39 Å². The summed E-state index contributed by atoms with van der Waals surface area (Å²) >= 11 is 0. The lowest BCUT2D eigenvalue weighted by atomic mass is 9.94. The van der Waals surface area contributed by atoms with Crippen LogP contribution in [0, 0.1) is 17.7 Å². The first kappa shape index (κ1) is 26.3. The Morgan fingerprint density at radius 3 is 2.15 bits per heavy atom. The van der Waals surface area contributed by atoms with Gasteiger partial charge in [0.2, 0.25) is 11.8 Å². The standard InChI is InChI=1S/C25H31FN2O4S/c1-18(2)16-23(24(29)27-33(31,32)15-14-20-8-6-5-7-9-20)25(30)28(19(3)4)17-21-10-12-22(26)13-11-21/h5-15,18-19,23H,16-17H2,1-4H3,(H,27,29)/b15-14+. The summed E-state index contributed by atoms with van der Waals surface area (Å²) in [6.45, 7) is 7.52. The topological polar surface area (TPSA) is 83.5 Å². The van der Waals surface area contributed by atoms with E-state index >= 15 is 0 Å². The lowest BCUT2D eigenvalue weighted by molar-refractivity contribution is -0.144. The normalized spacial score (nSPS) is 12.8. The van der Waals surface area contributed by atoms with Crippen LogP contribution in [0.15, 0.2) is 60.0 Å². The average molecular weight is 475 g/mol. The van der Waals surface area contributed by atoms with Crippen molar-refractivity contribution < 1.29 is 22.4 Å². The van der Waals surface area contributed by atoms with E-state index in [1.807, 2.05) is 38.5 Å². The van der Waals surface area contributed by atoms with E-state index in [1.54, 1.807) is 36.4 Å². The van der Waals surface area contributed by atoms with E-state index in [0.717, 1.165) is 5.41 Å². The Balaban J connectivity index is 2.22. The highest BCUT2D eigenvalue weighted by atomic mass is 32.2. The van der Waals surface area contributed by atoms with Crippen LogP contribution in [-0.2, 0) is 26.2 Å². The third-order valence-corrected chi connectivity index (χ3v) is 5.96. The fourth-order valence-electron chi connectivity index (χ4n) is 3.27. The molecule has 2 aromatic rings. The van der Waals surface area contributed by atoms with Crippen LogP contribution in [0.2, 0.25) is 0 Å². The van der Waals surface area contributed by atoms with Crippen molar-refractivity contribution in [2.45, 2.75) is 46.7 Å². The Morgan fingerprint density at radius 1 is 1.00 bits per heavy atom. The predicted octanol–water partition coefficient (Wildman–Crippen LogP) is 4.34. The van der Waals surface area contributed by atoms with E-state index < -0.39 is 27.8 Å². The molecule has 33 heavy (non-hydrogen) atoms. The molecule has 1 N–H and O–H groups in total. The molecular weight excluding hydrogens is 443 g/mol. The second-order valence-corrected chi connectivity index (χ2v) is 10.2. The Hall–Kier alpha value is -3.00. The Bertz CT molecular complexity index is 1070. The van der Waals surface area contributed by atoms with Gasteiger partial charge in [0.15, 0.2) is 0 Å². The Labute approximate surface area is 195 Å². The number of carbonyl (C=O) groups excluding carboxylic acids is 2. The van der Waals surface area contributed by atoms with E-state index in [4.69, 9.17) is 0 Å². The summed E-state index contributed by atoms with van der Waals surface area (Å²) in [6.07, 6.45) is 1.57. The Morgan fingerprint density at radius 2 is 1.61 bits per heavy atom. The first-order chi connectivity index (χ1) is 15.5. The van der Waals surface area contributed by atoms with Gasteiger partial charge in [0.05, 0.1) is 5.41 Å². The second kappa shape index (κ2) is 11.7. The number of nitrogens with zero attached hydrogens (tertiary/aromatic N) is 1. The van der Waals surface area contributed by atoms with Crippen molar-refractivity contribution in [2.24, 2.45) is 11.8 Å². The minimum absolute atomic E-state index is 0.0212. The van der Waals surface area contributed by atoms with Crippen molar-refractivity contribution in [1.82, 2.24) is 9.62 Å². The van der Waals surface area contributed by atoms with E-state index in [2.05, 4.69) is 0 Å². The summed E-state index contributed by atoms with van der Waals surface area (Å²) in [6, 6.07) is 14.3. The van der Waals surface area contributed by atoms with Crippen LogP contribution >= 0.6 is 0 Å². The molecule has 2 rings (SSSR count). The molecule has 0 fully saturated rings. The highest BCUT2D eigenvalue weighted by Crippen LogP contribution is 2.20. The van der Waals surface area contributed by atoms with Gasteiger partial charge in [-0.15, -0.1) is 0 Å². The molecular formula is C25H31FN2O4S. The van der Waals surface area contributed by atoms with Gasteiger partial charge in [-0.1, -0.05) is 56.3 Å². The molecule has 0 spiro atoms. The van der Waals surface area contributed by atoms with Crippen LogP contribution in [0.25, 0.3) is 6.08 Å². The summed E-state index contributed by atoms with van der Waals surface area (Å²) < 4.78 is 40.2. The number of hydrogen-bond acceptors (Lipinski definition) is 4. The zero-order chi connectivity index (χ0) is 24.6. The molecule has 0 radical (unpaired) electrons. The minimum Gasteiger partial charge on any atom is -0.335 e. The molecule has 0 bridgehead atoms. The predicted molar refractivity (Wildman–Crippen MR) is 128 cm³/mol. The number of benzene rings is 2. The van der Waals surface area contributed by atoms with Crippen molar-refractivity contribution >= 4 is 27.9 Å². The number of rotatable bonds is 10. The highest BCUT2D eigenvalue weighted by Gasteiger charge is 2.34. The fourth-order valence-corrected chi connectivity index (χ4v) is 4.10. The number of sulfonamides is 1. The first-order valence-corrected chi connectivity index (χ1v) is 12.4. The van der Waals surface area contributed by atoms with Crippen molar-refractivity contribution in [3.63, 3.8) is 0 Å². The van der Waals surface area contributed by atoms with Crippen molar-refractivity contribution in [2.75, 3.05) is 0 Å². The van der Waals surface area contributed by atoms with Gasteiger partial charge in [-0.3, -0.25) is 9.59 Å². The van der Waals surface area contributed by atoms with E-state index in [1.165, 1.54) is 23.1 Å². The molecule has 2 amide bonds. The van der Waals surface area contributed by atoms with Crippen molar-refractivity contribution in [1.29, 1.82) is 0 Å². The van der Waals surface area contributed by atoms with Crippen LogP contribution < -0.4 is 4.72 Å². The molecule has 0 aromatic heterocycles. The van der Waals surface area contributed by atoms with Crippen LogP contribution in [0.1, 0.15) is 45.2 Å². The molecule has 0 saturated heterocycles. The molecule has 178 valence electrons. The fraction of sp³-hybridized carbons (Fsp3) is 0.360. The van der Waals surface area contributed by atoms with Crippen molar-refractivity contribution in [3.05, 3.63) is 76.9 Å². The first-order valence-electron chi connectivity index (χ1n) is 10.8. The molecule has 1 unspecified atom stereocenters. The molecule has 6 nitrogen and oxygen atoms in total. The highest BCUT2D eigenvalue weighted by molar-refractivity contribution is 7.93.